The molecule has 0 aliphatic carbocycles. The Morgan fingerprint density at radius 1 is 1.40 bits per heavy atom. The fourth-order valence-corrected chi connectivity index (χ4v) is 2.36. The van der Waals surface area contributed by atoms with Gasteiger partial charge in [-0.25, -0.2) is 8.91 Å². The molecular formula is C13H18FN5O. The van der Waals surface area contributed by atoms with Crippen molar-refractivity contribution in [3.8, 4) is 0 Å². The molecule has 0 aromatic carbocycles. The molecule has 6 nitrogen and oxygen atoms in total. The van der Waals surface area contributed by atoms with Crippen molar-refractivity contribution in [3.05, 3.63) is 24.1 Å². The van der Waals surface area contributed by atoms with Crippen molar-refractivity contribution in [1.82, 2.24) is 19.5 Å². The number of anilines is 1. The van der Waals surface area contributed by atoms with E-state index in [2.05, 4.69) is 27.2 Å². The van der Waals surface area contributed by atoms with Gasteiger partial charge in [-0.2, -0.15) is 4.98 Å². The number of aromatic nitrogens is 3. The summed E-state index contributed by atoms with van der Waals surface area (Å²) in [6.45, 7) is 6.48. The number of fused-ring (bicyclic) bond motifs is 1. The highest BCUT2D eigenvalue weighted by Gasteiger charge is 2.15. The zero-order valence-corrected chi connectivity index (χ0v) is 11.4. The maximum absolute atomic E-state index is 13.1. The van der Waals surface area contributed by atoms with Crippen LogP contribution in [0.3, 0.4) is 0 Å². The molecular weight excluding hydrogens is 261 g/mol. The lowest BCUT2D eigenvalue weighted by atomic mass is 10.3. The van der Waals surface area contributed by atoms with Crippen LogP contribution in [0.25, 0.3) is 5.65 Å². The van der Waals surface area contributed by atoms with Gasteiger partial charge in [-0.05, 0) is 19.1 Å². The first-order valence-corrected chi connectivity index (χ1v) is 6.79. The highest BCUT2D eigenvalue weighted by atomic mass is 19.1. The molecule has 1 aliphatic heterocycles. The van der Waals surface area contributed by atoms with Crippen LogP contribution in [-0.2, 0) is 4.74 Å². The summed E-state index contributed by atoms with van der Waals surface area (Å²) in [6.07, 6.45) is 1.32. The molecule has 0 bridgehead atoms. The van der Waals surface area contributed by atoms with Gasteiger partial charge in [0.05, 0.1) is 19.4 Å². The molecule has 0 amide bonds. The number of hydrogen-bond donors (Lipinski definition) is 1. The maximum atomic E-state index is 13.1. The predicted octanol–water partition coefficient (Wildman–Crippen LogP) is 1.00. The SMILES string of the molecule is CC(CN1CCOCC1)Nc1nc2ccc(F)cn2n1. The molecule has 1 N–H and O–H groups in total. The first kappa shape index (κ1) is 13.3. The molecule has 0 saturated carbocycles. The van der Waals surface area contributed by atoms with Gasteiger partial charge in [-0.15, -0.1) is 5.10 Å². The summed E-state index contributed by atoms with van der Waals surface area (Å²) in [5.74, 6) is 0.201. The zero-order valence-electron chi connectivity index (χ0n) is 11.4. The highest BCUT2D eigenvalue weighted by Crippen LogP contribution is 2.08. The Balaban J connectivity index is 1.63. The Labute approximate surface area is 116 Å². The van der Waals surface area contributed by atoms with E-state index in [4.69, 9.17) is 4.74 Å². The van der Waals surface area contributed by atoms with Gasteiger partial charge in [0.1, 0.15) is 5.82 Å². The Bertz CT molecular complexity index is 581. The van der Waals surface area contributed by atoms with Gasteiger partial charge in [-0.3, -0.25) is 4.90 Å². The third-order valence-electron chi connectivity index (χ3n) is 3.31. The smallest absolute Gasteiger partial charge is 0.243 e. The molecule has 2 aromatic rings. The average molecular weight is 279 g/mol. The molecule has 1 fully saturated rings. The van der Waals surface area contributed by atoms with Crippen LogP contribution in [-0.4, -0.2) is 58.4 Å². The summed E-state index contributed by atoms with van der Waals surface area (Å²) >= 11 is 0. The number of pyridine rings is 1. The average Bonchev–Trinajstić information content (AvgIpc) is 2.80. The number of nitrogens with one attached hydrogen (secondary N) is 1. The molecule has 1 saturated heterocycles. The molecule has 3 rings (SSSR count). The van der Waals surface area contributed by atoms with Crippen molar-refractivity contribution in [2.45, 2.75) is 13.0 Å². The van der Waals surface area contributed by atoms with Crippen molar-refractivity contribution in [3.63, 3.8) is 0 Å². The van der Waals surface area contributed by atoms with E-state index in [1.165, 1.54) is 16.8 Å². The zero-order chi connectivity index (χ0) is 13.9. The summed E-state index contributed by atoms with van der Waals surface area (Å²) in [5, 5.41) is 7.47. The molecule has 2 aromatic heterocycles. The Kier molecular flexibility index (Phi) is 3.79. The maximum Gasteiger partial charge on any atom is 0.243 e. The molecule has 7 heteroatoms. The van der Waals surface area contributed by atoms with Gasteiger partial charge in [0.2, 0.25) is 5.95 Å². The number of ether oxygens (including phenoxy) is 1. The van der Waals surface area contributed by atoms with Crippen molar-refractivity contribution in [2.75, 3.05) is 38.2 Å². The lowest BCUT2D eigenvalue weighted by Crippen LogP contribution is -2.42. The topological polar surface area (TPSA) is 54.7 Å². The van der Waals surface area contributed by atoms with Gasteiger partial charge >= 0.3 is 0 Å². The largest absolute Gasteiger partial charge is 0.379 e. The summed E-state index contributed by atoms with van der Waals surface area (Å²) in [4.78, 5) is 6.66. The van der Waals surface area contributed by atoms with Crippen LogP contribution in [0.2, 0.25) is 0 Å². The van der Waals surface area contributed by atoms with E-state index in [1.807, 2.05) is 0 Å². The van der Waals surface area contributed by atoms with Crippen molar-refractivity contribution in [1.29, 1.82) is 0 Å². The van der Waals surface area contributed by atoms with Crippen LogP contribution >= 0.6 is 0 Å². The lowest BCUT2D eigenvalue weighted by Gasteiger charge is -2.29. The molecule has 20 heavy (non-hydrogen) atoms. The van der Waals surface area contributed by atoms with Crippen LogP contribution < -0.4 is 5.32 Å². The number of rotatable bonds is 4. The van der Waals surface area contributed by atoms with Crippen LogP contribution in [0.15, 0.2) is 18.3 Å². The fraction of sp³-hybridized carbons (Fsp3) is 0.538. The Hall–Kier alpha value is -1.73. The van der Waals surface area contributed by atoms with Crippen molar-refractivity contribution >= 4 is 11.6 Å². The number of morpholine rings is 1. The normalized spacial score (nSPS) is 18.3. The van der Waals surface area contributed by atoms with Gasteiger partial charge in [0, 0.05) is 25.7 Å². The van der Waals surface area contributed by atoms with E-state index in [0.717, 1.165) is 32.8 Å². The number of hydrogen-bond acceptors (Lipinski definition) is 5. The summed E-state index contributed by atoms with van der Waals surface area (Å²) < 4.78 is 19.9. The molecule has 108 valence electrons. The highest BCUT2D eigenvalue weighted by molar-refractivity contribution is 5.43. The second kappa shape index (κ2) is 5.72. The van der Waals surface area contributed by atoms with Crippen molar-refractivity contribution < 1.29 is 9.13 Å². The second-order valence-corrected chi connectivity index (χ2v) is 5.04. The van der Waals surface area contributed by atoms with Gasteiger partial charge < -0.3 is 10.1 Å². The van der Waals surface area contributed by atoms with Crippen LogP contribution in [0.4, 0.5) is 10.3 Å². The summed E-state index contributed by atoms with van der Waals surface area (Å²) in [5.41, 5.74) is 0.632. The van der Waals surface area contributed by atoms with Crippen LogP contribution in [0, 0.1) is 5.82 Å². The second-order valence-electron chi connectivity index (χ2n) is 5.04. The van der Waals surface area contributed by atoms with E-state index in [1.54, 1.807) is 6.07 Å². The van der Waals surface area contributed by atoms with Crippen LogP contribution in [0.5, 0.6) is 0 Å². The monoisotopic (exact) mass is 279 g/mol. The quantitative estimate of drug-likeness (QED) is 0.905. The van der Waals surface area contributed by atoms with Gasteiger partial charge in [-0.1, -0.05) is 0 Å². The molecule has 0 radical (unpaired) electrons. The van der Waals surface area contributed by atoms with E-state index < -0.39 is 0 Å². The first-order valence-electron chi connectivity index (χ1n) is 6.79. The minimum absolute atomic E-state index is 0.218. The molecule has 3 heterocycles. The lowest BCUT2D eigenvalue weighted by molar-refractivity contribution is 0.0368. The fourth-order valence-electron chi connectivity index (χ4n) is 2.36. The van der Waals surface area contributed by atoms with Crippen molar-refractivity contribution in [2.24, 2.45) is 0 Å². The molecule has 1 unspecified atom stereocenters. The first-order chi connectivity index (χ1) is 9.70. The third kappa shape index (κ3) is 3.05. The minimum Gasteiger partial charge on any atom is -0.379 e. The number of nitrogens with zero attached hydrogens (tertiary/aromatic N) is 4. The summed E-state index contributed by atoms with van der Waals surface area (Å²) in [6, 6.07) is 3.21. The van der Waals surface area contributed by atoms with E-state index in [-0.39, 0.29) is 11.9 Å². The van der Waals surface area contributed by atoms with E-state index >= 15 is 0 Å². The standard InChI is InChI=1S/C13H18FN5O/c1-10(8-18-4-6-20-7-5-18)15-13-16-12-3-2-11(14)9-19(12)17-13/h2-3,9-10H,4-8H2,1H3,(H,15,17). The van der Waals surface area contributed by atoms with E-state index in [0.29, 0.717) is 11.6 Å². The predicted molar refractivity (Wildman–Crippen MR) is 73.3 cm³/mol. The van der Waals surface area contributed by atoms with Gasteiger partial charge in [0.15, 0.2) is 5.65 Å². The van der Waals surface area contributed by atoms with Crippen LogP contribution in [0.1, 0.15) is 6.92 Å². The third-order valence-corrected chi connectivity index (χ3v) is 3.31. The summed E-state index contributed by atoms with van der Waals surface area (Å²) in [7, 11) is 0. The Morgan fingerprint density at radius 2 is 2.20 bits per heavy atom. The molecule has 1 atom stereocenters. The molecule has 0 spiro atoms. The van der Waals surface area contributed by atoms with Gasteiger partial charge in [0.25, 0.3) is 0 Å². The molecule has 1 aliphatic rings. The minimum atomic E-state index is -0.324. The van der Waals surface area contributed by atoms with E-state index in [9.17, 15) is 4.39 Å². The number of halogens is 1. The Morgan fingerprint density at radius 3 is 3.00 bits per heavy atom.